The van der Waals surface area contributed by atoms with E-state index >= 15 is 0 Å². The molecule has 16 heavy (non-hydrogen) atoms. The topological polar surface area (TPSA) is 59.4 Å². The molecule has 0 atom stereocenters. The van der Waals surface area contributed by atoms with Gasteiger partial charge in [0.05, 0.1) is 0 Å². The number of nitrogens with zero attached hydrogens (tertiary/aromatic N) is 1. The number of carboxylic acids is 1. The van der Waals surface area contributed by atoms with Crippen molar-refractivity contribution in [3.05, 3.63) is 16.1 Å². The SMILES string of the molecule is CCOC(CC)(CC)c1nc(C(=O)O)cs1. The van der Waals surface area contributed by atoms with Crippen molar-refractivity contribution in [2.45, 2.75) is 39.2 Å². The summed E-state index contributed by atoms with van der Waals surface area (Å²) in [7, 11) is 0. The van der Waals surface area contributed by atoms with Crippen LogP contribution < -0.4 is 0 Å². The number of carbonyl (C=O) groups is 1. The summed E-state index contributed by atoms with van der Waals surface area (Å²) in [5.41, 5.74) is -0.321. The summed E-state index contributed by atoms with van der Waals surface area (Å²) in [4.78, 5) is 14.9. The highest BCUT2D eigenvalue weighted by Gasteiger charge is 2.32. The molecule has 90 valence electrons. The van der Waals surface area contributed by atoms with Crippen molar-refractivity contribution in [1.82, 2.24) is 4.98 Å². The lowest BCUT2D eigenvalue weighted by Crippen LogP contribution is -2.28. The number of ether oxygens (including phenoxy) is 1. The number of rotatable bonds is 6. The van der Waals surface area contributed by atoms with Crippen LogP contribution in [0.5, 0.6) is 0 Å². The Hall–Kier alpha value is -0.940. The van der Waals surface area contributed by atoms with Crippen molar-refractivity contribution < 1.29 is 14.6 Å². The molecule has 0 fully saturated rings. The first-order valence-corrected chi connectivity index (χ1v) is 6.30. The largest absolute Gasteiger partial charge is 0.476 e. The average Bonchev–Trinajstić information content (AvgIpc) is 2.76. The van der Waals surface area contributed by atoms with Gasteiger partial charge in [0.2, 0.25) is 0 Å². The molecule has 0 aliphatic carbocycles. The first-order chi connectivity index (χ1) is 7.59. The Morgan fingerprint density at radius 2 is 2.12 bits per heavy atom. The van der Waals surface area contributed by atoms with Crippen LogP contribution in [0.4, 0.5) is 0 Å². The lowest BCUT2D eigenvalue weighted by molar-refractivity contribution is -0.0507. The van der Waals surface area contributed by atoms with Gasteiger partial charge >= 0.3 is 5.97 Å². The zero-order valence-electron chi connectivity index (χ0n) is 9.82. The Labute approximate surface area is 99.3 Å². The molecule has 1 aromatic rings. The van der Waals surface area contributed by atoms with Gasteiger partial charge in [0.15, 0.2) is 5.69 Å². The monoisotopic (exact) mass is 243 g/mol. The molecule has 1 aromatic heterocycles. The van der Waals surface area contributed by atoms with Crippen LogP contribution in [0, 0.1) is 0 Å². The van der Waals surface area contributed by atoms with Crippen molar-refractivity contribution in [2.24, 2.45) is 0 Å². The Morgan fingerprint density at radius 3 is 2.50 bits per heavy atom. The number of hydrogen-bond acceptors (Lipinski definition) is 4. The molecule has 4 nitrogen and oxygen atoms in total. The molecule has 1 N–H and O–H groups in total. The lowest BCUT2D eigenvalue weighted by Gasteiger charge is -2.29. The van der Waals surface area contributed by atoms with Gasteiger partial charge in [-0.2, -0.15) is 0 Å². The van der Waals surface area contributed by atoms with E-state index < -0.39 is 11.6 Å². The highest BCUT2D eigenvalue weighted by Crippen LogP contribution is 2.35. The standard InChI is InChI=1S/C11H17NO3S/c1-4-11(5-2,15-6-3)10-12-8(7-16-10)9(13)14/h7H,4-6H2,1-3H3,(H,13,14). The van der Waals surface area contributed by atoms with E-state index in [1.54, 1.807) is 5.38 Å². The molecule has 0 aromatic carbocycles. The van der Waals surface area contributed by atoms with E-state index in [2.05, 4.69) is 4.98 Å². The normalized spacial score (nSPS) is 11.7. The van der Waals surface area contributed by atoms with Gasteiger partial charge in [-0.1, -0.05) is 13.8 Å². The molecule has 1 rings (SSSR count). The predicted octanol–water partition coefficient (Wildman–Crippen LogP) is 2.89. The van der Waals surface area contributed by atoms with Crippen molar-refractivity contribution in [3.63, 3.8) is 0 Å². The zero-order chi connectivity index (χ0) is 12.2. The molecule has 1 heterocycles. The Balaban J connectivity index is 3.05. The third-order valence-electron chi connectivity index (χ3n) is 2.68. The van der Waals surface area contributed by atoms with Crippen molar-refractivity contribution in [2.75, 3.05) is 6.61 Å². The molecular formula is C11H17NO3S. The van der Waals surface area contributed by atoms with E-state index in [1.165, 1.54) is 11.3 Å². The second-order valence-electron chi connectivity index (χ2n) is 3.48. The van der Waals surface area contributed by atoms with Gasteiger partial charge in [0.25, 0.3) is 0 Å². The van der Waals surface area contributed by atoms with Gasteiger partial charge in [-0.15, -0.1) is 11.3 Å². The maximum atomic E-state index is 10.8. The van der Waals surface area contributed by atoms with Gasteiger partial charge in [0, 0.05) is 12.0 Å². The number of carboxylic acid groups (broad SMARTS) is 1. The van der Waals surface area contributed by atoms with Crippen LogP contribution in [0.1, 0.15) is 49.1 Å². The van der Waals surface area contributed by atoms with Gasteiger partial charge < -0.3 is 9.84 Å². The first kappa shape index (κ1) is 13.1. The quantitative estimate of drug-likeness (QED) is 0.834. The van der Waals surface area contributed by atoms with Gasteiger partial charge in [-0.3, -0.25) is 0 Å². The van der Waals surface area contributed by atoms with Crippen LogP contribution in [-0.2, 0) is 10.3 Å². The fourth-order valence-electron chi connectivity index (χ4n) is 1.68. The summed E-state index contributed by atoms with van der Waals surface area (Å²) < 4.78 is 5.76. The lowest BCUT2D eigenvalue weighted by atomic mass is 9.98. The van der Waals surface area contributed by atoms with Crippen LogP contribution in [0.3, 0.4) is 0 Å². The number of aromatic carboxylic acids is 1. The fraction of sp³-hybridized carbons (Fsp3) is 0.636. The van der Waals surface area contributed by atoms with Crippen molar-refractivity contribution >= 4 is 17.3 Å². The van der Waals surface area contributed by atoms with Crippen LogP contribution in [0.2, 0.25) is 0 Å². The molecule has 5 heteroatoms. The maximum Gasteiger partial charge on any atom is 0.355 e. The van der Waals surface area contributed by atoms with E-state index in [0.29, 0.717) is 6.61 Å². The molecule has 0 unspecified atom stereocenters. The first-order valence-electron chi connectivity index (χ1n) is 5.42. The van der Waals surface area contributed by atoms with E-state index in [0.717, 1.165) is 17.8 Å². The van der Waals surface area contributed by atoms with Crippen molar-refractivity contribution in [3.8, 4) is 0 Å². The summed E-state index contributed by atoms with van der Waals surface area (Å²) in [6, 6.07) is 0. The smallest absolute Gasteiger partial charge is 0.355 e. The summed E-state index contributed by atoms with van der Waals surface area (Å²) in [6.07, 6.45) is 1.59. The summed E-state index contributed by atoms with van der Waals surface area (Å²) in [6.45, 7) is 6.59. The second-order valence-corrected chi connectivity index (χ2v) is 4.34. The summed E-state index contributed by atoms with van der Waals surface area (Å²) in [5.74, 6) is -0.986. The minimum absolute atomic E-state index is 0.103. The fourth-order valence-corrected chi connectivity index (χ4v) is 2.77. The van der Waals surface area contributed by atoms with E-state index in [1.807, 2.05) is 20.8 Å². The van der Waals surface area contributed by atoms with Gasteiger partial charge in [-0.05, 0) is 19.8 Å². The van der Waals surface area contributed by atoms with Crippen LogP contribution in [0.25, 0.3) is 0 Å². The van der Waals surface area contributed by atoms with E-state index in [9.17, 15) is 4.79 Å². The van der Waals surface area contributed by atoms with Gasteiger partial charge in [0.1, 0.15) is 10.6 Å². The Bertz CT molecular complexity index is 358. The number of thiazole rings is 1. The number of aromatic nitrogens is 1. The third-order valence-corrected chi connectivity index (χ3v) is 3.70. The second kappa shape index (κ2) is 5.41. The van der Waals surface area contributed by atoms with E-state index in [4.69, 9.17) is 9.84 Å². The minimum atomic E-state index is -0.986. The zero-order valence-corrected chi connectivity index (χ0v) is 10.6. The van der Waals surface area contributed by atoms with Crippen LogP contribution in [0.15, 0.2) is 5.38 Å². The maximum absolute atomic E-state index is 10.8. The Kier molecular flexibility index (Phi) is 4.44. The summed E-state index contributed by atoms with van der Waals surface area (Å²) in [5, 5.41) is 11.2. The number of hydrogen-bond donors (Lipinski definition) is 1. The molecule has 0 aliphatic heterocycles. The van der Waals surface area contributed by atoms with Gasteiger partial charge in [-0.25, -0.2) is 9.78 Å². The molecular weight excluding hydrogens is 226 g/mol. The molecule has 0 saturated heterocycles. The van der Waals surface area contributed by atoms with Crippen LogP contribution >= 0.6 is 11.3 Å². The molecule has 0 spiro atoms. The minimum Gasteiger partial charge on any atom is -0.476 e. The Morgan fingerprint density at radius 1 is 1.50 bits per heavy atom. The van der Waals surface area contributed by atoms with Crippen LogP contribution in [-0.4, -0.2) is 22.7 Å². The predicted molar refractivity (Wildman–Crippen MR) is 63.0 cm³/mol. The molecule has 0 bridgehead atoms. The average molecular weight is 243 g/mol. The highest BCUT2D eigenvalue weighted by molar-refractivity contribution is 7.10. The van der Waals surface area contributed by atoms with E-state index in [-0.39, 0.29) is 5.69 Å². The molecule has 0 aliphatic rings. The molecule has 0 radical (unpaired) electrons. The third kappa shape index (κ3) is 2.41. The molecule has 0 saturated carbocycles. The van der Waals surface area contributed by atoms with Crippen molar-refractivity contribution in [1.29, 1.82) is 0 Å². The highest BCUT2D eigenvalue weighted by atomic mass is 32.1. The summed E-state index contributed by atoms with van der Waals surface area (Å²) >= 11 is 1.36. The molecule has 0 amide bonds.